The lowest BCUT2D eigenvalue weighted by Gasteiger charge is -2.29. The molecule has 1 aliphatic rings. The van der Waals surface area contributed by atoms with E-state index in [4.69, 9.17) is 5.73 Å². The second-order valence-corrected chi connectivity index (χ2v) is 11.6. The normalized spacial score (nSPS) is 22.4. The molecule has 2 atom stereocenters. The smallest absolute Gasteiger partial charge is 0.216 e. The Bertz CT molecular complexity index is 695. The van der Waals surface area contributed by atoms with Crippen molar-refractivity contribution in [2.45, 2.75) is 95.9 Å². The van der Waals surface area contributed by atoms with Gasteiger partial charge in [0.1, 0.15) is 0 Å². The van der Waals surface area contributed by atoms with Crippen molar-refractivity contribution < 1.29 is 8.42 Å². The van der Waals surface area contributed by atoms with Gasteiger partial charge in [0.15, 0.2) is 0 Å². The van der Waals surface area contributed by atoms with E-state index in [1.54, 1.807) is 0 Å². The van der Waals surface area contributed by atoms with Crippen LogP contribution >= 0.6 is 0 Å². The van der Waals surface area contributed by atoms with Gasteiger partial charge in [-0.1, -0.05) is 72.6 Å². The standard InChI is InChI=1S/C21H36N2O2S/c1-20(2,3)16-11-15(12-17(13-16)21(4,5)6)14-26(24,25)23-19-10-8-7-9-18(19)22/h11-13,18-19,23H,7-10,14,22H2,1-6H3. The van der Waals surface area contributed by atoms with Crippen molar-refractivity contribution in [3.63, 3.8) is 0 Å². The molecule has 1 aromatic carbocycles. The molecule has 1 saturated carbocycles. The van der Waals surface area contributed by atoms with Gasteiger partial charge in [0, 0.05) is 12.1 Å². The first kappa shape index (κ1) is 21.4. The van der Waals surface area contributed by atoms with Crippen molar-refractivity contribution in [3.05, 3.63) is 34.9 Å². The van der Waals surface area contributed by atoms with Gasteiger partial charge in [-0.05, 0) is 40.4 Å². The van der Waals surface area contributed by atoms with Gasteiger partial charge in [-0.3, -0.25) is 0 Å². The van der Waals surface area contributed by atoms with Crippen molar-refractivity contribution in [2.75, 3.05) is 0 Å². The third kappa shape index (κ3) is 5.80. The van der Waals surface area contributed by atoms with E-state index in [0.717, 1.165) is 31.2 Å². The van der Waals surface area contributed by atoms with Crippen LogP contribution in [-0.2, 0) is 26.6 Å². The Labute approximate surface area is 160 Å². The fraction of sp³-hybridized carbons (Fsp3) is 0.714. The van der Waals surface area contributed by atoms with Gasteiger partial charge >= 0.3 is 0 Å². The summed E-state index contributed by atoms with van der Waals surface area (Å²) >= 11 is 0. The van der Waals surface area contributed by atoms with E-state index in [1.165, 1.54) is 11.1 Å². The minimum absolute atomic E-state index is 0.00319. The van der Waals surface area contributed by atoms with Crippen LogP contribution < -0.4 is 10.5 Å². The highest BCUT2D eigenvalue weighted by molar-refractivity contribution is 7.88. The van der Waals surface area contributed by atoms with Gasteiger partial charge in [0.05, 0.1) is 5.75 Å². The summed E-state index contributed by atoms with van der Waals surface area (Å²) < 4.78 is 28.4. The summed E-state index contributed by atoms with van der Waals surface area (Å²) in [6.07, 6.45) is 3.84. The van der Waals surface area contributed by atoms with Crippen molar-refractivity contribution in [3.8, 4) is 0 Å². The van der Waals surface area contributed by atoms with E-state index in [2.05, 4.69) is 52.3 Å². The minimum atomic E-state index is -3.42. The lowest BCUT2D eigenvalue weighted by Crippen LogP contribution is -2.49. The van der Waals surface area contributed by atoms with Gasteiger partial charge in [0.25, 0.3) is 0 Å². The van der Waals surface area contributed by atoms with Crippen molar-refractivity contribution in [1.29, 1.82) is 0 Å². The lowest BCUT2D eigenvalue weighted by molar-refractivity contribution is 0.361. The van der Waals surface area contributed by atoms with Crippen molar-refractivity contribution >= 4 is 10.0 Å². The van der Waals surface area contributed by atoms with E-state index >= 15 is 0 Å². The highest BCUT2D eigenvalue weighted by Crippen LogP contribution is 2.31. The highest BCUT2D eigenvalue weighted by atomic mass is 32.2. The molecule has 148 valence electrons. The monoisotopic (exact) mass is 380 g/mol. The van der Waals surface area contributed by atoms with E-state index in [9.17, 15) is 8.42 Å². The molecule has 26 heavy (non-hydrogen) atoms. The third-order valence-electron chi connectivity index (χ3n) is 5.23. The van der Waals surface area contributed by atoms with E-state index in [-0.39, 0.29) is 28.7 Å². The SMILES string of the molecule is CC(C)(C)c1cc(CS(=O)(=O)NC2CCCCC2N)cc(C(C)(C)C)c1. The molecule has 3 N–H and O–H groups in total. The summed E-state index contributed by atoms with van der Waals surface area (Å²) in [4.78, 5) is 0. The van der Waals surface area contributed by atoms with Crippen LogP contribution in [0.3, 0.4) is 0 Å². The van der Waals surface area contributed by atoms with Gasteiger partial charge in [-0.15, -0.1) is 0 Å². The van der Waals surface area contributed by atoms with Crippen LogP contribution in [0, 0.1) is 0 Å². The average molecular weight is 381 g/mol. The predicted molar refractivity (Wildman–Crippen MR) is 110 cm³/mol. The molecule has 0 aliphatic heterocycles. The fourth-order valence-electron chi connectivity index (χ4n) is 3.44. The number of sulfonamides is 1. The second kappa shape index (κ2) is 7.61. The number of nitrogens with two attached hydrogens (primary N) is 1. The topological polar surface area (TPSA) is 72.2 Å². The molecule has 0 saturated heterocycles. The Morgan fingerprint density at radius 1 is 0.962 bits per heavy atom. The molecule has 0 heterocycles. The Hall–Kier alpha value is -0.910. The predicted octanol–water partition coefficient (Wildman–Crippen LogP) is 3.97. The van der Waals surface area contributed by atoms with Crippen LogP contribution in [0.2, 0.25) is 0 Å². The van der Waals surface area contributed by atoms with E-state index in [1.807, 2.05) is 12.1 Å². The summed E-state index contributed by atoms with van der Waals surface area (Å²) in [5.41, 5.74) is 9.25. The maximum absolute atomic E-state index is 12.8. The molecule has 0 bridgehead atoms. The highest BCUT2D eigenvalue weighted by Gasteiger charge is 2.27. The fourth-order valence-corrected chi connectivity index (χ4v) is 4.88. The van der Waals surface area contributed by atoms with Crippen LogP contribution in [-0.4, -0.2) is 20.5 Å². The number of benzene rings is 1. The molecule has 1 aromatic rings. The molecule has 1 fully saturated rings. The number of hydrogen-bond acceptors (Lipinski definition) is 3. The summed E-state index contributed by atoms with van der Waals surface area (Å²) in [7, 11) is -3.42. The maximum atomic E-state index is 12.8. The zero-order chi connectivity index (χ0) is 19.8. The molecule has 5 heteroatoms. The van der Waals surface area contributed by atoms with Gasteiger partial charge < -0.3 is 5.73 Å². The van der Waals surface area contributed by atoms with Crippen LogP contribution in [0.1, 0.15) is 83.9 Å². The lowest BCUT2D eigenvalue weighted by atomic mass is 9.80. The van der Waals surface area contributed by atoms with E-state index < -0.39 is 10.0 Å². The Morgan fingerprint density at radius 3 is 1.92 bits per heavy atom. The molecule has 2 rings (SSSR count). The van der Waals surface area contributed by atoms with Gasteiger partial charge in [0.2, 0.25) is 10.0 Å². The third-order valence-corrected chi connectivity index (χ3v) is 6.61. The van der Waals surface area contributed by atoms with Crippen molar-refractivity contribution in [1.82, 2.24) is 4.72 Å². The summed E-state index contributed by atoms with van der Waals surface area (Å²) in [6.45, 7) is 13.0. The first-order valence-electron chi connectivity index (χ1n) is 9.68. The average Bonchev–Trinajstić information content (AvgIpc) is 2.47. The van der Waals surface area contributed by atoms with Crippen molar-refractivity contribution in [2.24, 2.45) is 5.73 Å². The summed E-state index contributed by atoms with van der Waals surface area (Å²) in [6, 6.07) is 6.07. The molecule has 1 aliphatic carbocycles. The molecule has 0 spiro atoms. The number of hydrogen-bond donors (Lipinski definition) is 2. The summed E-state index contributed by atoms with van der Waals surface area (Å²) in [5, 5.41) is 0. The molecule has 0 amide bonds. The van der Waals surface area contributed by atoms with Crippen LogP contribution in [0.4, 0.5) is 0 Å². The van der Waals surface area contributed by atoms with Crippen LogP contribution in [0.25, 0.3) is 0 Å². The zero-order valence-electron chi connectivity index (χ0n) is 17.2. The molecule has 0 radical (unpaired) electrons. The molecule has 0 aromatic heterocycles. The Kier molecular flexibility index (Phi) is 6.26. The Morgan fingerprint density at radius 2 is 1.46 bits per heavy atom. The number of rotatable bonds is 4. The molecular weight excluding hydrogens is 344 g/mol. The van der Waals surface area contributed by atoms with Gasteiger partial charge in [-0.2, -0.15) is 0 Å². The second-order valence-electron chi connectivity index (χ2n) is 9.85. The van der Waals surface area contributed by atoms with E-state index in [0.29, 0.717) is 0 Å². The molecular formula is C21H36N2O2S. The molecule has 2 unspecified atom stereocenters. The minimum Gasteiger partial charge on any atom is -0.326 e. The maximum Gasteiger partial charge on any atom is 0.216 e. The van der Waals surface area contributed by atoms with Crippen LogP contribution in [0.15, 0.2) is 18.2 Å². The number of nitrogens with one attached hydrogen (secondary N) is 1. The first-order chi connectivity index (χ1) is 11.8. The Balaban J connectivity index is 2.29. The summed E-state index contributed by atoms with van der Waals surface area (Å²) in [5.74, 6) is 0.00319. The molecule has 4 nitrogen and oxygen atoms in total. The largest absolute Gasteiger partial charge is 0.326 e. The van der Waals surface area contributed by atoms with Crippen LogP contribution in [0.5, 0.6) is 0 Å². The van der Waals surface area contributed by atoms with Gasteiger partial charge in [-0.25, -0.2) is 13.1 Å². The first-order valence-corrected chi connectivity index (χ1v) is 11.3. The quantitative estimate of drug-likeness (QED) is 0.830. The zero-order valence-corrected chi connectivity index (χ0v) is 18.0.